The Bertz CT molecular complexity index is 814. The highest BCUT2D eigenvalue weighted by Gasteiger charge is 2.19. The molecule has 6 heteroatoms. The van der Waals surface area contributed by atoms with E-state index in [2.05, 4.69) is 9.97 Å². The molecule has 0 unspecified atom stereocenters. The molecule has 0 amide bonds. The number of pyridine rings is 1. The third-order valence-electron chi connectivity index (χ3n) is 3.32. The van der Waals surface area contributed by atoms with Gasteiger partial charge in [-0.3, -0.25) is 4.98 Å². The lowest BCUT2D eigenvalue weighted by Crippen LogP contribution is -1.95. The number of aromatic carboxylic acids is 1. The topological polar surface area (TPSA) is 72.3 Å². The summed E-state index contributed by atoms with van der Waals surface area (Å²) in [5.74, 6) is -0.183. The predicted octanol–water partition coefficient (Wildman–Crippen LogP) is 3.50. The summed E-state index contributed by atoms with van der Waals surface area (Å²) in [6.45, 7) is 0. The third kappa shape index (κ3) is 3.37. The molecular weight excluding hydrogens is 312 g/mol. The van der Waals surface area contributed by atoms with Gasteiger partial charge in [0.25, 0.3) is 0 Å². The van der Waals surface area contributed by atoms with E-state index >= 15 is 0 Å². The van der Waals surface area contributed by atoms with Gasteiger partial charge in [0, 0.05) is 24.4 Å². The number of methoxy groups -OCH3 is 1. The van der Waals surface area contributed by atoms with Gasteiger partial charge in [-0.1, -0.05) is 12.1 Å². The van der Waals surface area contributed by atoms with Gasteiger partial charge in [0.1, 0.15) is 10.6 Å². The van der Waals surface area contributed by atoms with E-state index in [9.17, 15) is 9.90 Å². The van der Waals surface area contributed by atoms with Crippen molar-refractivity contribution >= 4 is 17.3 Å². The fourth-order valence-corrected chi connectivity index (χ4v) is 3.16. The number of hydrogen-bond donors (Lipinski definition) is 1. The van der Waals surface area contributed by atoms with Crippen LogP contribution in [-0.4, -0.2) is 28.2 Å². The number of rotatable bonds is 5. The van der Waals surface area contributed by atoms with E-state index in [1.165, 1.54) is 11.3 Å². The number of ether oxygens (including phenoxy) is 1. The first-order valence-corrected chi connectivity index (χ1v) is 7.75. The zero-order chi connectivity index (χ0) is 16.2. The van der Waals surface area contributed by atoms with Crippen LogP contribution in [0.25, 0.3) is 11.3 Å². The first kappa shape index (κ1) is 15.2. The van der Waals surface area contributed by atoms with Crippen molar-refractivity contribution in [1.29, 1.82) is 0 Å². The minimum absolute atomic E-state index is 0.238. The maximum Gasteiger partial charge on any atom is 0.348 e. The van der Waals surface area contributed by atoms with E-state index in [0.29, 0.717) is 17.7 Å². The van der Waals surface area contributed by atoms with Gasteiger partial charge in [0.2, 0.25) is 0 Å². The molecule has 2 aromatic heterocycles. The van der Waals surface area contributed by atoms with Crippen LogP contribution in [0.3, 0.4) is 0 Å². The van der Waals surface area contributed by atoms with Crippen molar-refractivity contribution in [3.05, 3.63) is 64.2 Å². The first-order valence-electron chi connectivity index (χ1n) is 6.93. The predicted molar refractivity (Wildman–Crippen MR) is 88.1 cm³/mol. The fraction of sp³-hybridized carbons (Fsp3) is 0.118. The largest absolute Gasteiger partial charge is 0.497 e. The summed E-state index contributed by atoms with van der Waals surface area (Å²) in [5, 5.41) is 10.2. The van der Waals surface area contributed by atoms with E-state index in [1.54, 1.807) is 25.6 Å². The van der Waals surface area contributed by atoms with Crippen molar-refractivity contribution in [2.24, 2.45) is 0 Å². The van der Waals surface area contributed by atoms with E-state index < -0.39 is 5.97 Å². The van der Waals surface area contributed by atoms with Crippen molar-refractivity contribution in [2.45, 2.75) is 6.42 Å². The van der Waals surface area contributed by atoms with Crippen molar-refractivity contribution in [2.75, 3.05) is 7.11 Å². The average Bonchev–Trinajstić information content (AvgIpc) is 3.00. The van der Waals surface area contributed by atoms with Crippen molar-refractivity contribution < 1.29 is 14.6 Å². The lowest BCUT2D eigenvalue weighted by atomic mass is 10.1. The highest BCUT2D eigenvalue weighted by atomic mass is 32.1. The molecule has 0 atom stereocenters. The summed E-state index contributed by atoms with van der Waals surface area (Å²) < 4.78 is 5.13. The van der Waals surface area contributed by atoms with Crippen LogP contribution in [0.2, 0.25) is 0 Å². The van der Waals surface area contributed by atoms with Crippen molar-refractivity contribution in [3.8, 4) is 17.0 Å². The van der Waals surface area contributed by atoms with Crippen molar-refractivity contribution in [1.82, 2.24) is 9.97 Å². The molecule has 1 aromatic carbocycles. The Kier molecular flexibility index (Phi) is 4.34. The third-order valence-corrected chi connectivity index (χ3v) is 4.36. The Morgan fingerprint density at radius 2 is 2.04 bits per heavy atom. The number of carbonyl (C=O) groups is 1. The molecule has 0 aliphatic heterocycles. The summed E-state index contributed by atoms with van der Waals surface area (Å²) in [5.41, 5.74) is 2.23. The molecule has 2 heterocycles. The van der Waals surface area contributed by atoms with Crippen LogP contribution in [0.4, 0.5) is 0 Å². The maximum absolute atomic E-state index is 11.5. The van der Waals surface area contributed by atoms with Crippen LogP contribution in [0.5, 0.6) is 5.75 Å². The molecule has 116 valence electrons. The number of benzene rings is 1. The molecule has 0 fully saturated rings. The summed E-state index contributed by atoms with van der Waals surface area (Å²) >= 11 is 1.20. The quantitative estimate of drug-likeness (QED) is 0.777. The second kappa shape index (κ2) is 6.58. The zero-order valence-electron chi connectivity index (χ0n) is 12.4. The molecule has 0 aliphatic carbocycles. The summed E-state index contributed by atoms with van der Waals surface area (Å²) in [7, 11) is 1.62. The molecule has 0 spiro atoms. The zero-order valence-corrected chi connectivity index (χ0v) is 13.2. The number of aromatic nitrogens is 2. The molecule has 3 rings (SSSR count). The molecule has 5 nitrogen and oxygen atoms in total. The van der Waals surface area contributed by atoms with E-state index in [-0.39, 0.29) is 4.88 Å². The molecule has 0 aliphatic rings. The van der Waals surface area contributed by atoms with Crippen LogP contribution in [-0.2, 0) is 6.42 Å². The maximum atomic E-state index is 11.5. The van der Waals surface area contributed by atoms with Crippen LogP contribution in [0.15, 0.2) is 48.8 Å². The summed E-state index contributed by atoms with van der Waals surface area (Å²) in [6, 6.07) is 11.2. The molecule has 0 saturated heterocycles. The Morgan fingerprint density at radius 1 is 1.26 bits per heavy atom. The SMILES string of the molecule is COc1ccc(Cc2nc(-c3cccnc3)c(C(=O)O)s2)cc1. The molecular formula is C17H14N2O3S. The second-order valence-electron chi connectivity index (χ2n) is 4.86. The number of carboxylic acids is 1. The highest BCUT2D eigenvalue weighted by Crippen LogP contribution is 2.29. The van der Waals surface area contributed by atoms with Crippen LogP contribution < -0.4 is 4.74 Å². The lowest BCUT2D eigenvalue weighted by Gasteiger charge is -2.01. The van der Waals surface area contributed by atoms with Gasteiger partial charge in [-0.05, 0) is 29.8 Å². The standard InChI is InChI=1S/C17H14N2O3S/c1-22-13-6-4-11(5-7-13)9-14-19-15(16(23-14)17(20)21)12-3-2-8-18-10-12/h2-8,10H,9H2,1H3,(H,20,21). The Hall–Kier alpha value is -2.73. The van der Waals surface area contributed by atoms with Gasteiger partial charge in [-0.25, -0.2) is 9.78 Å². The molecule has 3 aromatic rings. The Morgan fingerprint density at radius 3 is 2.65 bits per heavy atom. The van der Waals surface area contributed by atoms with Crippen molar-refractivity contribution in [3.63, 3.8) is 0 Å². The molecule has 0 saturated carbocycles. The van der Waals surface area contributed by atoms with Gasteiger partial charge in [0.05, 0.1) is 17.8 Å². The molecule has 1 N–H and O–H groups in total. The smallest absolute Gasteiger partial charge is 0.348 e. The molecule has 0 bridgehead atoms. The normalized spacial score (nSPS) is 10.5. The van der Waals surface area contributed by atoms with E-state index in [4.69, 9.17) is 4.74 Å². The summed E-state index contributed by atoms with van der Waals surface area (Å²) in [6.07, 6.45) is 3.85. The first-order chi connectivity index (χ1) is 11.2. The minimum Gasteiger partial charge on any atom is -0.497 e. The number of hydrogen-bond acceptors (Lipinski definition) is 5. The number of nitrogens with zero attached hydrogens (tertiary/aromatic N) is 2. The van der Waals surface area contributed by atoms with Gasteiger partial charge >= 0.3 is 5.97 Å². The van der Waals surface area contributed by atoms with Gasteiger partial charge in [0.15, 0.2) is 0 Å². The fourth-order valence-electron chi connectivity index (χ4n) is 2.20. The Balaban J connectivity index is 1.92. The monoisotopic (exact) mass is 326 g/mol. The van der Waals surface area contributed by atoms with Crippen LogP contribution >= 0.6 is 11.3 Å². The van der Waals surface area contributed by atoms with Gasteiger partial charge in [-0.2, -0.15) is 0 Å². The van der Waals surface area contributed by atoms with Gasteiger partial charge < -0.3 is 9.84 Å². The number of thiazole rings is 1. The second-order valence-corrected chi connectivity index (χ2v) is 5.94. The van der Waals surface area contributed by atoms with E-state index in [1.807, 2.05) is 30.3 Å². The highest BCUT2D eigenvalue weighted by molar-refractivity contribution is 7.14. The minimum atomic E-state index is -0.970. The molecule has 23 heavy (non-hydrogen) atoms. The number of carboxylic acid groups (broad SMARTS) is 1. The summed E-state index contributed by atoms with van der Waals surface area (Å²) in [4.78, 5) is 20.3. The lowest BCUT2D eigenvalue weighted by molar-refractivity contribution is 0.0702. The average molecular weight is 326 g/mol. The Labute approximate surface area is 137 Å². The van der Waals surface area contributed by atoms with Crippen LogP contribution in [0.1, 0.15) is 20.2 Å². The van der Waals surface area contributed by atoms with E-state index in [0.717, 1.165) is 16.3 Å². The van der Waals surface area contributed by atoms with Crippen LogP contribution in [0, 0.1) is 0 Å². The van der Waals surface area contributed by atoms with Gasteiger partial charge in [-0.15, -0.1) is 11.3 Å². The molecule has 0 radical (unpaired) electrons.